The first-order chi connectivity index (χ1) is 8.39. The molecule has 5 heteroatoms. The molecule has 1 aromatic heterocycles. The molecule has 0 aliphatic carbocycles. The van der Waals surface area contributed by atoms with Crippen LogP contribution in [0.1, 0.15) is 31.6 Å². The number of hydrogen-bond acceptors (Lipinski definition) is 4. The number of rotatable bonds is 4. The highest BCUT2D eigenvalue weighted by Crippen LogP contribution is 2.27. The van der Waals surface area contributed by atoms with Gasteiger partial charge in [0, 0.05) is 22.9 Å². The molecule has 0 radical (unpaired) electrons. The van der Waals surface area contributed by atoms with E-state index in [1.807, 2.05) is 0 Å². The molecule has 0 spiro atoms. The molecule has 3 nitrogen and oxygen atoms in total. The second-order valence-electron chi connectivity index (χ2n) is 5.70. The fourth-order valence-electron chi connectivity index (χ4n) is 2.33. The Morgan fingerprint density at radius 2 is 2.28 bits per heavy atom. The SMILES string of the molecule is CC(C)(CNC1CCCS(=O)(=O)C1)c1cccs1. The van der Waals surface area contributed by atoms with Crippen LogP contribution < -0.4 is 5.32 Å². The largest absolute Gasteiger partial charge is 0.312 e. The van der Waals surface area contributed by atoms with E-state index in [0.717, 1.165) is 19.4 Å². The third-order valence-corrected chi connectivity index (χ3v) is 6.54. The molecule has 1 aromatic rings. The van der Waals surface area contributed by atoms with E-state index in [9.17, 15) is 8.42 Å². The van der Waals surface area contributed by atoms with Gasteiger partial charge in [0.2, 0.25) is 0 Å². The van der Waals surface area contributed by atoms with Gasteiger partial charge in [-0.1, -0.05) is 19.9 Å². The van der Waals surface area contributed by atoms with Crippen molar-refractivity contribution in [1.29, 1.82) is 0 Å². The molecule has 1 aliphatic heterocycles. The Morgan fingerprint density at radius 1 is 1.50 bits per heavy atom. The van der Waals surface area contributed by atoms with E-state index < -0.39 is 9.84 Å². The summed E-state index contributed by atoms with van der Waals surface area (Å²) in [5.41, 5.74) is 0.0649. The first-order valence-electron chi connectivity index (χ1n) is 6.37. The van der Waals surface area contributed by atoms with Gasteiger partial charge in [0.25, 0.3) is 0 Å². The van der Waals surface area contributed by atoms with Gasteiger partial charge in [-0.3, -0.25) is 0 Å². The fraction of sp³-hybridized carbons (Fsp3) is 0.692. The van der Waals surface area contributed by atoms with E-state index in [1.54, 1.807) is 11.3 Å². The molecule has 1 saturated heterocycles. The van der Waals surface area contributed by atoms with Gasteiger partial charge in [0.15, 0.2) is 9.84 Å². The van der Waals surface area contributed by atoms with Gasteiger partial charge in [-0.15, -0.1) is 11.3 Å². The minimum atomic E-state index is -2.81. The lowest BCUT2D eigenvalue weighted by Gasteiger charge is -2.29. The van der Waals surface area contributed by atoms with Crippen LogP contribution in [0.25, 0.3) is 0 Å². The number of hydrogen-bond donors (Lipinski definition) is 1. The first kappa shape index (κ1) is 14.0. The van der Waals surface area contributed by atoms with E-state index in [1.165, 1.54) is 4.88 Å². The van der Waals surface area contributed by atoms with Gasteiger partial charge in [0.1, 0.15) is 0 Å². The Kier molecular flexibility index (Phi) is 4.14. The van der Waals surface area contributed by atoms with Crippen LogP contribution in [0.5, 0.6) is 0 Å². The zero-order chi connectivity index (χ0) is 13.2. The van der Waals surface area contributed by atoms with Gasteiger partial charge in [-0.25, -0.2) is 8.42 Å². The minimum Gasteiger partial charge on any atom is -0.312 e. The average molecular weight is 287 g/mol. The standard InChI is InChI=1S/C13H21NO2S2/c1-13(2,12-6-3-7-17-12)10-14-11-5-4-8-18(15,16)9-11/h3,6-7,11,14H,4-5,8-10H2,1-2H3. The average Bonchev–Trinajstić information content (AvgIpc) is 2.79. The van der Waals surface area contributed by atoms with Gasteiger partial charge in [-0.2, -0.15) is 0 Å². The lowest BCUT2D eigenvalue weighted by molar-refractivity contribution is 0.412. The summed E-state index contributed by atoms with van der Waals surface area (Å²) >= 11 is 1.76. The molecular weight excluding hydrogens is 266 g/mol. The second-order valence-corrected chi connectivity index (χ2v) is 8.87. The molecule has 18 heavy (non-hydrogen) atoms. The predicted octanol–water partition coefficient (Wildman–Crippen LogP) is 2.19. The van der Waals surface area contributed by atoms with Crippen LogP contribution in [-0.2, 0) is 15.3 Å². The monoisotopic (exact) mass is 287 g/mol. The van der Waals surface area contributed by atoms with E-state index >= 15 is 0 Å². The Balaban J connectivity index is 1.92. The molecule has 2 rings (SSSR count). The van der Waals surface area contributed by atoms with Crippen molar-refractivity contribution in [3.8, 4) is 0 Å². The van der Waals surface area contributed by atoms with Crippen molar-refractivity contribution in [1.82, 2.24) is 5.32 Å². The van der Waals surface area contributed by atoms with Gasteiger partial charge < -0.3 is 5.32 Å². The minimum absolute atomic E-state index is 0.0649. The van der Waals surface area contributed by atoms with Crippen molar-refractivity contribution in [3.05, 3.63) is 22.4 Å². The van der Waals surface area contributed by atoms with E-state index in [4.69, 9.17) is 0 Å². The van der Waals surface area contributed by atoms with Crippen LogP contribution in [0.3, 0.4) is 0 Å². The van der Waals surface area contributed by atoms with Gasteiger partial charge in [-0.05, 0) is 24.3 Å². The topological polar surface area (TPSA) is 46.2 Å². The van der Waals surface area contributed by atoms with Crippen molar-refractivity contribution in [2.45, 2.75) is 38.1 Å². The van der Waals surface area contributed by atoms with E-state index in [-0.39, 0.29) is 11.5 Å². The highest BCUT2D eigenvalue weighted by Gasteiger charge is 2.27. The molecule has 0 amide bonds. The molecule has 102 valence electrons. The van der Waals surface area contributed by atoms with E-state index in [0.29, 0.717) is 11.5 Å². The highest BCUT2D eigenvalue weighted by molar-refractivity contribution is 7.91. The van der Waals surface area contributed by atoms with Gasteiger partial charge >= 0.3 is 0 Å². The third-order valence-electron chi connectivity index (χ3n) is 3.48. The summed E-state index contributed by atoms with van der Waals surface area (Å²) in [4.78, 5) is 1.34. The molecule has 2 heterocycles. The summed E-state index contributed by atoms with van der Waals surface area (Å²) < 4.78 is 23.2. The summed E-state index contributed by atoms with van der Waals surface area (Å²) in [6.45, 7) is 5.22. The zero-order valence-electron chi connectivity index (χ0n) is 11.0. The fourth-order valence-corrected chi connectivity index (χ4v) is 4.86. The van der Waals surface area contributed by atoms with Crippen LogP contribution in [0.4, 0.5) is 0 Å². The van der Waals surface area contributed by atoms with Crippen molar-refractivity contribution < 1.29 is 8.42 Å². The Labute approximate surface area is 114 Å². The molecule has 0 saturated carbocycles. The highest BCUT2D eigenvalue weighted by atomic mass is 32.2. The molecule has 0 bridgehead atoms. The van der Waals surface area contributed by atoms with Crippen molar-refractivity contribution in [2.24, 2.45) is 0 Å². The number of thiophene rings is 1. The molecule has 1 unspecified atom stereocenters. The maximum Gasteiger partial charge on any atom is 0.151 e. The zero-order valence-corrected chi connectivity index (χ0v) is 12.6. The van der Waals surface area contributed by atoms with E-state index in [2.05, 4.69) is 36.7 Å². The normalized spacial score (nSPS) is 24.0. The summed E-state index contributed by atoms with van der Waals surface area (Å²) in [5, 5.41) is 5.52. The lowest BCUT2D eigenvalue weighted by atomic mass is 9.91. The van der Waals surface area contributed by atoms with Gasteiger partial charge in [0.05, 0.1) is 11.5 Å². The summed E-state index contributed by atoms with van der Waals surface area (Å²) in [6.07, 6.45) is 1.76. The van der Waals surface area contributed by atoms with Crippen molar-refractivity contribution in [3.63, 3.8) is 0 Å². The lowest BCUT2D eigenvalue weighted by Crippen LogP contribution is -2.44. The molecular formula is C13H21NO2S2. The summed E-state index contributed by atoms with van der Waals surface area (Å²) in [5.74, 6) is 0.660. The summed E-state index contributed by atoms with van der Waals surface area (Å²) in [7, 11) is -2.81. The predicted molar refractivity (Wildman–Crippen MR) is 77.0 cm³/mol. The maximum absolute atomic E-state index is 11.6. The van der Waals surface area contributed by atoms with Crippen LogP contribution in [0.15, 0.2) is 17.5 Å². The van der Waals surface area contributed by atoms with Crippen LogP contribution in [0.2, 0.25) is 0 Å². The number of sulfone groups is 1. The second kappa shape index (κ2) is 5.31. The van der Waals surface area contributed by atoms with Crippen LogP contribution in [-0.4, -0.2) is 32.5 Å². The molecule has 0 aromatic carbocycles. The molecule has 1 fully saturated rings. The Morgan fingerprint density at radius 3 is 2.89 bits per heavy atom. The smallest absolute Gasteiger partial charge is 0.151 e. The van der Waals surface area contributed by atoms with Crippen molar-refractivity contribution in [2.75, 3.05) is 18.1 Å². The Bertz CT molecular complexity index is 477. The van der Waals surface area contributed by atoms with Crippen molar-refractivity contribution >= 4 is 21.2 Å². The molecule has 1 atom stereocenters. The van der Waals surface area contributed by atoms with Crippen LogP contribution in [0, 0.1) is 0 Å². The van der Waals surface area contributed by atoms with Crippen LogP contribution >= 0.6 is 11.3 Å². The Hall–Kier alpha value is -0.390. The maximum atomic E-state index is 11.6. The number of nitrogens with one attached hydrogen (secondary N) is 1. The summed E-state index contributed by atoms with van der Waals surface area (Å²) in [6, 6.07) is 4.33. The quantitative estimate of drug-likeness (QED) is 0.923. The molecule has 1 N–H and O–H groups in total. The third kappa shape index (κ3) is 3.56. The molecule has 1 aliphatic rings. The first-order valence-corrected chi connectivity index (χ1v) is 9.07.